The zero-order valence-electron chi connectivity index (χ0n) is 8.63. The Hall–Kier alpha value is -1.63. The van der Waals surface area contributed by atoms with E-state index in [1.807, 2.05) is 0 Å². The molecule has 1 saturated heterocycles. The SMILES string of the molecule is NC1CCN(C(=O)C2CC(C(=O)O)=NO2)C1. The van der Waals surface area contributed by atoms with Crippen molar-refractivity contribution in [2.24, 2.45) is 10.9 Å². The van der Waals surface area contributed by atoms with Crippen molar-refractivity contribution >= 4 is 17.6 Å². The third-order valence-electron chi connectivity index (χ3n) is 2.73. The van der Waals surface area contributed by atoms with Gasteiger partial charge in [-0.15, -0.1) is 0 Å². The van der Waals surface area contributed by atoms with E-state index in [1.54, 1.807) is 4.90 Å². The highest BCUT2D eigenvalue weighted by atomic mass is 16.6. The minimum absolute atomic E-state index is 0.00483. The van der Waals surface area contributed by atoms with E-state index in [0.717, 1.165) is 6.42 Å². The molecule has 0 aromatic heterocycles. The summed E-state index contributed by atoms with van der Waals surface area (Å²) in [5, 5.41) is 12.0. The summed E-state index contributed by atoms with van der Waals surface area (Å²) in [5.41, 5.74) is 5.57. The second-order valence-electron chi connectivity index (χ2n) is 3.97. The van der Waals surface area contributed by atoms with E-state index in [4.69, 9.17) is 15.7 Å². The van der Waals surface area contributed by atoms with Crippen LogP contribution in [0.2, 0.25) is 0 Å². The van der Waals surface area contributed by atoms with Gasteiger partial charge in [-0.2, -0.15) is 0 Å². The molecule has 7 nitrogen and oxygen atoms in total. The van der Waals surface area contributed by atoms with Gasteiger partial charge in [0, 0.05) is 25.6 Å². The molecule has 16 heavy (non-hydrogen) atoms. The second-order valence-corrected chi connectivity index (χ2v) is 3.97. The van der Waals surface area contributed by atoms with Crippen molar-refractivity contribution in [1.82, 2.24) is 4.90 Å². The first kappa shape index (κ1) is 10.9. The predicted molar refractivity (Wildman–Crippen MR) is 53.7 cm³/mol. The van der Waals surface area contributed by atoms with Crippen LogP contribution in [0.1, 0.15) is 12.8 Å². The Bertz CT molecular complexity index is 355. The lowest BCUT2D eigenvalue weighted by Crippen LogP contribution is -2.39. The normalized spacial score (nSPS) is 28.8. The Kier molecular flexibility index (Phi) is 2.78. The van der Waals surface area contributed by atoms with Crippen molar-refractivity contribution < 1.29 is 19.5 Å². The number of carbonyl (C=O) groups excluding carboxylic acids is 1. The highest BCUT2D eigenvalue weighted by Gasteiger charge is 2.36. The molecule has 7 heteroatoms. The van der Waals surface area contributed by atoms with Crippen molar-refractivity contribution in [2.75, 3.05) is 13.1 Å². The van der Waals surface area contributed by atoms with Gasteiger partial charge in [0.1, 0.15) is 0 Å². The molecular weight excluding hydrogens is 214 g/mol. The topological polar surface area (TPSA) is 105 Å². The lowest BCUT2D eigenvalue weighted by molar-refractivity contribution is -0.141. The second kappa shape index (κ2) is 4.09. The van der Waals surface area contributed by atoms with Crippen LogP contribution >= 0.6 is 0 Å². The van der Waals surface area contributed by atoms with Gasteiger partial charge in [0.2, 0.25) is 6.10 Å². The van der Waals surface area contributed by atoms with Gasteiger partial charge in [-0.05, 0) is 6.42 Å². The zero-order valence-corrected chi connectivity index (χ0v) is 8.63. The highest BCUT2D eigenvalue weighted by Crippen LogP contribution is 2.16. The summed E-state index contributed by atoms with van der Waals surface area (Å²) in [6.07, 6.45) is 0.00164. The number of carboxylic acid groups (broad SMARTS) is 1. The van der Waals surface area contributed by atoms with Gasteiger partial charge in [-0.3, -0.25) is 4.79 Å². The number of oxime groups is 1. The van der Waals surface area contributed by atoms with E-state index in [9.17, 15) is 9.59 Å². The van der Waals surface area contributed by atoms with Crippen molar-refractivity contribution in [2.45, 2.75) is 25.0 Å². The fraction of sp³-hybridized carbons (Fsp3) is 0.667. The molecule has 2 atom stereocenters. The van der Waals surface area contributed by atoms with Crippen LogP contribution in [-0.4, -0.2) is 52.8 Å². The number of amides is 1. The van der Waals surface area contributed by atoms with Crippen LogP contribution in [0.15, 0.2) is 5.16 Å². The minimum atomic E-state index is -1.14. The molecule has 2 unspecified atom stereocenters. The van der Waals surface area contributed by atoms with Crippen LogP contribution in [-0.2, 0) is 14.4 Å². The van der Waals surface area contributed by atoms with Crippen LogP contribution in [0.5, 0.6) is 0 Å². The van der Waals surface area contributed by atoms with Crippen LogP contribution in [0.3, 0.4) is 0 Å². The number of rotatable bonds is 2. The lowest BCUT2D eigenvalue weighted by Gasteiger charge is -2.18. The fourth-order valence-corrected chi connectivity index (χ4v) is 1.83. The largest absolute Gasteiger partial charge is 0.477 e. The third-order valence-corrected chi connectivity index (χ3v) is 2.73. The van der Waals surface area contributed by atoms with Crippen LogP contribution < -0.4 is 5.73 Å². The number of carbonyl (C=O) groups is 2. The van der Waals surface area contributed by atoms with Gasteiger partial charge in [-0.1, -0.05) is 5.16 Å². The van der Waals surface area contributed by atoms with Crippen molar-refractivity contribution in [3.8, 4) is 0 Å². The molecule has 1 amide bonds. The molecule has 2 aliphatic rings. The smallest absolute Gasteiger partial charge is 0.353 e. The fourth-order valence-electron chi connectivity index (χ4n) is 1.83. The average Bonchev–Trinajstić information content (AvgIpc) is 2.84. The number of nitrogens with two attached hydrogens (primary N) is 1. The number of likely N-dealkylation sites (tertiary alicyclic amines) is 1. The van der Waals surface area contributed by atoms with E-state index >= 15 is 0 Å². The first-order chi connectivity index (χ1) is 7.58. The summed E-state index contributed by atoms with van der Waals surface area (Å²) < 4.78 is 0. The Morgan fingerprint density at radius 3 is 2.81 bits per heavy atom. The molecule has 0 aliphatic carbocycles. The average molecular weight is 227 g/mol. The van der Waals surface area contributed by atoms with Gasteiger partial charge >= 0.3 is 5.97 Å². The highest BCUT2D eigenvalue weighted by molar-refractivity contribution is 6.36. The third kappa shape index (κ3) is 1.99. The molecule has 0 spiro atoms. The Balaban J connectivity index is 1.91. The molecule has 0 saturated carbocycles. The molecule has 88 valence electrons. The first-order valence-electron chi connectivity index (χ1n) is 5.08. The standard InChI is InChI=1S/C9H13N3O4/c10-5-1-2-12(4-5)8(13)7-3-6(9(14)15)11-16-7/h5,7H,1-4,10H2,(H,14,15). The maximum atomic E-state index is 11.8. The minimum Gasteiger partial charge on any atom is -0.477 e. The van der Waals surface area contributed by atoms with Gasteiger partial charge < -0.3 is 20.6 Å². The summed E-state index contributed by atoms with van der Waals surface area (Å²) in [6, 6.07) is 0.00483. The summed E-state index contributed by atoms with van der Waals surface area (Å²) in [7, 11) is 0. The van der Waals surface area contributed by atoms with Crippen LogP contribution in [0.4, 0.5) is 0 Å². The molecule has 0 bridgehead atoms. The number of hydrogen-bond donors (Lipinski definition) is 2. The summed E-state index contributed by atoms with van der Waals surface area (Å²) in [4.78, 5) is 28.8. The molecule has 3 N–H and O–H groups in total. The van der Waals surface area contributed by atoms with Crippen LogP contribution in [0.25, 0.3) is 0 Å². The van der Waals surface area contributed by atoms with Gasteiger partial charge in [0.05, 0.1) is 0 Å². The van der Waals surface area contributed by atoms with Crippen molar-refractivity contribution in [1.29, 1.82) is 0 Å². The number of aliphatic carboxylic acids is 1. The molecular formula is C9H13N3O4. The Labute approximate surface area is 91.8 Å². The zero-order chi connectivity index (χ0) is 11.7. The Morgan fingerprint density at radius 1 is 1.56 bits per heavy atom. The molecule has 2 rings (SSSR count). The number of carboxylic acids is 1. The predicted octanol–water partition coefficient (Wildman–Crippen LogP) is -1.22. The van der Waals surface area contributed by atoms with E-state index in [2.05, 4.69) is 5.16 Å². The maximum absolute atomic E-state index is 11.8. The van der Waals surface area contributed by atoms with Crippen molar-refractivity contribution in [3.05, 3.63) is 0 Å². The summed E-state index contributed by atoms with van der Waals surface area (Å²) in [6.45, 7) is 1.10. The summed E-state index contributed by atoms with van der Waals surface area (Å²) in [5.74, 6) is -1.37. The number of hydrogen-bond acceptors (Lipinski definition) is 5. The monoisotopic (exact) mass is 227 g/mol. The molecule has 0 aromatic rings. The quantitative estimate of drug-likeness (QED) is 0.614. The molecule has 0 aromatic carbocycles. The molecule has 0 radical (unpaired) electrons. The maximum Gasteiger partial charge on any atom is 0.353 e. The van der Waals surface area contributed by atoms with E-state index in [-0.39, 0.29) is 24.1 Å². The van der Waals surface area contributed by atoms with E-state index < -0.39 is 12.1 Å². The molecule has 1 fully saturated rings. The van der Waals surface area contributed by atoms with E-state index in [1.165, 1.54) is 0 Å². The van der Waals surface area contributed by atoms with Crippen molar-refractivity contribution in [3.63, 3.8) is 0 Å². The van der Waals surface area contributed by atoms with Gasteiger partial charge in [-0.25, -0.2) is 4.79 Å². The molecule has 2 aliphatic heterocycles. The Morgan fingerprint density at radius 2 is 2.31 bits per heavy atom. The van der Waals surface area contributed by atoms with Gasteiger partial charge in [0.25, 0.3) is 5.91 Å². The first-order valence-corrected chi connectivity index (χ1v) is 5.08. The van der Waals surface area contributed by atoms with E-state index in [0.29, 0.717) is 13.1 Å². The molecule has 2 heterocycles. The lowest BCUT2D eigenvalue weighted by atomic mass is 10.1. The van der Waals surface area contributed by atoms with Gasteiger partial charge in [0.15, 0.2) is 5.71 Å². The summed E-state index contributed by atoms with van der Waals surface area (Å²) >= 11 is 0. The van der Waals surface area contributed by atoms with Crippen LogP contribution in [0, 0.1) is 0 Å². The number of nitrogens with zero attached hydrogens (tertiary/aromatic N) is 2.